The number of carbonyl (C=O) groups is 1. The number of hydrogen-bond donors (Lipinski definition) is 2. The van der Waals surface area contributed by atoms with Crippen LogP contribution in [0, 0.1) is 0 Å². The van der Waals surface area contributed by atoms with Crippen LogP contribution in [0.1, 0.15) is 18.1 Å². The smallest absolute Gasteiger partial charge is 0.284 e. The van der Waals surface area contributed by atoms with Crippen LogP contribution in [-0.4, -0.2) is 36.4 Å². The molecule has 0 fully saturated rings. The first kappa shape index (κ1) is 18.3. The van der Waals surface area contributed by atoms with Gasteiger partial charge in [0, 0.05) is 12.3 Å². The van der Waals surface area contributed by atoms with E-state index in [1.54, 1.807) is 37.0 Å². The van der Waals surface area contributed by atoms with Crippen molar-refractivity contribution >= 4 is 11.5 Å². The van der Waals surface area contributed by atoms with Crippen LogP contribution in [-0.2, 0) is 4.79 Å². The molecule has 2 rings (SSSR count). The van der Waals surface area contributed by atoms with Gasteiger partial charge in [-0.1, -0.05) is 12.6 Å². The molecule has 0 saturated carbocycles. The van der Waals surface area contributed by atoms with Crippen molar-refractivity contribution in [1.82, 2.24) is 10.5 Å². The Bertz CT molecular complexity index is 776. The number of benzene rings is 1. The summed E-state index contributed by atoms with van der Waals surface area (Å²) in [5.41, 5.74) is 3.90. The number of pyridine rings is 1. The second-order valence-electron chi connectivity index (χ2n) is 5.17. The summed E-state index contributed by atoms with van der Waals surface area (Å²) in [6, 6.07) is 8.86. The van der Waals surface area contributed by atoms with Gasteiger partial charge in [0.05, 0.1) is 14.2 Å². The van der Waals surface area contributed by atoms with Gasteiger partial charge in [-0.2, -0.15) is 0 Å². The zero-order valence-corrected chi connectivity index (χ0v) is 14.3. The highest BCUT2D eigenvalue weighted by Gasteiger charge is 2.17. The maximum atomic E-state index is 11.5. The lowest BCUT2D eigenvalue weighted by molar-refractivity contribution is -0.135. The van der Waals surface area contributed by atoms with Gasteiger partial charge in [-0.3, -0.25) is 10.0 Å². The topological polar surface area (TPSA) is 89.9 Å². The standard InChI is InChI=1S/C18H20N2O5/c1-11(14-7-8-19-17(10-14)24-4)13-5-6-15(23-3)16(9-13)25-12(2)18(21)20-22/h5-10,12,22H,1H2,2-4H3,(H,20,21). The van der Waals surface area contributed by atoms with Crippen molar-refractivity contribution < 1.29 is 24.2 Å². The largest absolute Gasteiger partial charge is 0.493 e. The SMILES string of the molecule is C=C(c1ccnc(OC)c1)c1ccc(OC)c(OC(C)C(=O)NO)c1. The molecule has 0 aliphatic carbocycles. The van der Waals surface area contributed by atoms with Crippen molar-refractivity contribution in [2.45, 2.75) is 13.0 Å². The Morgan fingerprint density at radius 1 is 1.16 bits per heavy atom. The zero-order chi connectivity index (χ0) is 18.4. The minimum Gasteiger partial charge on any atom is -0.493 e. The molecule has 0 aliphatic heterocycles. The first-order valence-electron chi connectivity index (χ1n) is 7.48. The lowest BCUT2D eigenvalue weighted by atomic mass is 10.00. The van der Waals surface area contributed by atoms with Gasteiger partial charge in [0.25, 0.3) is 5.91 Å². The summed E-state index contributed by atoms with van der Waals surface area (Å²) in [7, 11) is 3.04. The number of hydroxylamine groups is 1. The summed E-state index contributed by atoms with van der Waals surface area (Å²) in [6.07, 6.45) is 0.733. The van der Waals surface area contributed by atoms with Crippen molar-refractivity contribution in [1.29, 1.82) is 0 Å². The fourth-order valence-corrected chi connectivity index (χ4v) is 2.17. The molecule has 1 aromatic carbocycles. The number of hydrogen-bond acceptors (Lipinski definition) is 6. The predicted octanol–water partition coefficient (Wildman–Crippen LogP) is 2.43. The summed E-state index contributed by atoms with van der Waals surface area (Å²) in [4.78, 5) is 15.5. The Kier molecular flexibility index (Phi) is 5.97. The fourth-order valence-electron chi connectivity index (χ4n) is 2.17. The van der Waals surface area contributed by atoms with Gasteiger partial charge in [0.1, 0.15) is 0 Å². The number of aromatic nitrogens is 1. The molecule has 0 aliphatic rings. The number of methoxy groups -OCH3 is 2. The van der Waals surface area contributed by atoms with E-state index in [1.807, 2.05) is 12.1 Å². The summed E-state index contributed by atoms with van der Waals surface area (Å²) >= 11 is 0. The van der Waals surface area contributed by atoms with Crippen molar-refractivity contribution in [2.75, 3.05) is 14.2 Å². The Morgan fingerprint density at radius 2 is 1.88 bits per heavy atom. The summed E-state index contributed by atoms with van der Waals surface area (Å²) in [5, 5.41) is 8.71. The third kappa shape index (κ3) is 4.27. The Balaban J connectivity index is 2.34. The van der Waals surface area contributed by atoms with Crippen LogP contribution in [0.3, 0.4) is 0 Å². The van der Waals surface area contributed by atoms with Gasteiger partial charge >= 0.3 is 0 Å². The Labute approximate surface area is 145 Å². The molecular formula is C18H20N2O5. The maximum absolute atomic E-state index is 11.5. The van der Waals surface area contributed by atoms with Gasteiger partial charge in [0.15, 0.2) is 17.6 Å². The number of carbonyl (C=O) groups excluding carboxylic acids is 1. The average Bonchev–Trinajstić information content (AvgIpc) is 2.66. The molecule has 7 nitrogen and oxygen atoms in total. The van der Waals surface area contributed by atoms with E-state index in [-0.39, 0.29) is 0 Å². The molecule has 2 aromatic rings. The number of ether oxygens (including phenoxy) is 3. The van der Waals surface area contributed by atoms with Crippen LogP contribution >= 0.6 is 0 Å². The number of rotatable bonds is 7. The lowest BCUT2D eigenvalue weighted by Crippen LogP contribution is -2.34. The second kappa shape index (κ2) is 8.16. The molecule has 25 heavy (non-hydrogen) atoms. The van der Waals surface area contributed by atoms with E-state index < -0.39 is 12.0 Å². The van der Waals surface area contributed by atoms with E-state index in [2.05, 4.69) is 11.6 Å². The van der Waals surface area contributed by atoms with Crippen LogP contribution in [0.15, 0.2) is 43.1 Å². The number of amides is 1. The average molecular weight is 344 g/mol. The van der Waals surface area contributed by atoms with Crippen LogP contribution in [0.5, 0.6) is 17.4 Å². The van der Waals surface area contributed by atoms with Crippen molar-refractivity contribution in [3.63, 3.8) is 0 Å². The Hall–Kier alpha value is -3.06. The first-order valence-corrected chi connectivity index (χ1v) is 7.48. The summed E-state index contributed by atoms with van der Waals surface area (Å²) in [6.45, 7) is 5.61. The van der Waals surface area contributed by atoms with E-state index in [9.17, 15) is 4.79 Å². The Morgan fingerprint density at radius 3 is 2.52 bits per heavy atom. The van der Waals surface area contributed by atoms with Gasteiger partial charge < -0.3 is 14.2 Å². The zero-order valence-electron chi connectivity index (χ0n) is 14.3. The van der Waals surface area contributed by atoms with E-state index in [4.69, 9.17) is 19.4 Å². The van der Waals surface area contributed by atoms with Crippen LogP contribution in [0.25, 0.3) is 5.57 Å². The lowest BCUT2D eigenvalue weighted by Gasteiger charge is -2.17. The van der Waals surface area contributed by atoms with Crippen LogP contribution in [0.4, 0.5) is 0 Å². The van der Waals surface area contributed by atoms with Crippen molar-refractivity contribution in [3.05, 3.63) is 54.2 Å². The van der Waals surface area contributed by atoms with E-state index in [0.717, 1.165) is 16.7 Å². The highest BCUT2D eigenvalue weighted by Crippen LogP contribution is 2.33. The van der Waals surface area contributed by atoms with Gasteiger partial charge in [-0.05, 0) is 41.8 Å². The molecule has 1 unspecified atom stereocenters. The third-order valence-corrected chi connectivity index (χ3v) is 3.59. The molecule has 1 amide bonds. The monoisotopic (exact) mass is 344 g/mol. The molecule has 1 heterocycles. The predicted molar refractivity (Wildman–Crippen MR) is 91.9 cm³/mol. The summed E-state index contributed by atoms with van der Waals surface area (Å²) < 4.78 is 16.0. The van der Waals surface area contributed by atoms with Gasteiger partial charge in [-0.15, -0.1) is 0 Å². The highest BCUT2D eigenvalue weighted by atomic mass is 16.5. The van der Waals surface area contributed by atoms with Crippen molar-refractivity contribution in [3.8, 4) is 17.4 Å². The number of nitrogens with one attached hydrogen (secondary N) is 1. The summed E-state index contributed by atoms with van der Waals surface area (Å²) in [5.74, 6) is 0.641. The number of nitrogens with zero attached hydrogens (tertiary/aromatic N) is 1. The van der Waals surface area contributed by atoms with Gasteiger partial charge in [-0.25, -0.2) is 10.5 Å². The molecule has 132 valence electrons. The third-order valence-electron chi connectivity index (χ3n) is 3.59. The molecule has 7 heteroatoms. The second-order valence-corrected chi connectivity index (χ2v) is 5.17. The minimum atomic E-state index is -0.900. The van der Waals surface area contributed by atoms with Crippen LogP contribution in [0.2, 0.25) is 0 Å². The highest BCUT2D eigenvalue weighted by molar-refractivity contribution is 5.81. The normalized spacial score (nSPS) is 11.4. The maximum Gasteiger partial charge on any atom is 0.284 e. The first-order chi connectivity index (χ1) is 12.0. The van der Waals surface area contributed by atoms with Crippen LogP contribution < -0.4 is 19.7 Å². The van der Waals surface area contributed by atoms with Crippen molar-refractivity contribution in [2.24, 2.45) is 0 Å². The molecule has 2 N–H and O–H groups in total. The quantitative estimate of drug-likeness (QED) is 0.592. The van der Waals surface area contributed by atoms with E-state index >= 15 is 0 Å². The van der Waals surface area contributed by atoms with Gasteiger partial charge in [0.2, 0.25) is 5.88 Å². The van der Waals surface area contributed by atoms with E-state index in [1.165, 1.54) is 14.0 Å². The minimum absolute atomic E-state index is 0.360. The fraction of sp³-hybridized carbons (Fsp3) is 0.222. The molecule has 0 radical (unpaired) electrons. The molecule has 1 aromatic heterocycles. The molecule has 0 saturated heterocycles. The molecule has 0 bridgehead atoms. The molecule has 1 atom stereocenters. The molecular weight excluding hydrogens is 324 g/mol. The molecule has 0 spiro atoms. The van der Waals surface area contributed by atoms with E-state index in [0.29, 0.717) is 17.4 Å².